The van der Waals surface area contributed by atoms with Crippen LogP contribution in [0.3, 0.4) is 0 Å². The zero-order valence-electron chi connectivity index (χ0n) is 11.1. The molecule has 98 valence electrons. The van der Waals surface area contributed by atoms with Crippen molar-refractivity contribution in [2.24, 2.45) is 0 Å². The topological polar surface area (TPSA) is 26.3 Å². The van der Waals surface area contributed by atoms with Crippen LogP contribution in [0.4, 0.5) is 0 Å². The number of hydrogen-bond acceptors (Lipinski definition) is 2. The van der Waals surface area contributed by atoms with E-state index in [-0.39, 0.29) is 11.4 Å². The van der Waals surface area contributed by atoms with Crippen molar-refractivity contribution in [3.8, 4) is 0 Å². The molecule has 0 spiro atoms. The van der Waals surface area contributed by atoms with E-state index in [2.05, 4.69) is 28.1 Å². The fourth-order valence-electron chi connectivity index (χ4n) is 2.02. The second-order valence-electron chi connectivity index (χ2n) is 5.91. The van der Waals surface area contributed by atoms with Crippen molar-refractivity contribution in [2.75, 3.05) is 0 Å². The first kappa shape index (κ1) is 13.6. The molecule has 0 heterocycles. The standard InChI is InChI=1S/C15H19BrO2/c1-14(2,3)18-13(17)15(8-9-15)12-6-4-11(10-16)5-7-12/h4-7H,8-10H2,1-3H3. The van der Waals surface area contributed by atoms with E-state index in [1.165, 1.54) is 5.56 Å². The Morgan fingerprint density at radius 2 is 1.83 bits per heavy atom. The van der Waals surface area contributed by atoms with Gasteiger partial charge in [-0.3, -0.25) is 4.79 Å². The molecule has 2 rings (SSSR count). The Kier molecular flexibility index (Phi) is 3.54. The number of halogens is 1. The number of benzene rings is 1. The summed E-state index contributed by atoms with van der Waals surface area (Å²) in [6, 6.07) is 8.23. The van der Waals surface area contributed by atoms with Crippen LogP contribution in [-0.4, -0.2) is 11.6 Å². The fraction of sp³-hybridized carbons (Fsp3) is 0.533. The van der Waals surface area contributed by atoms with Gasteiger partial charge in [-0.15, -0.1) is 0 Å². The highest BCUT2D eigenvalue weighted by Gasteiger charge is 2.53. The summed E-state index contributed by atoms with van der Waals surface area (Å²) in [5, 5.41) is 0.840. The van der Waals surface area contributed by atoms with E-state index >= 15 is 0 Å². The van der Waals surface area contributed by atoms with Crippen molar-refractivity contribution < 1.29 is 9.53 Å². The second kappa shape index (κ2) is 4.69. The molecule has 0 saturated heterocycles. The molecule has 1 aliphatic carbocycles. The molecule has 1 fully saturated rings. The number of ether oxygens (including phenoxy) is 1. The lowest BCUT2D eigenvalue weighted by Crippen LogP contribution is -2.31. The van der Waals surface area contributed by atoms with Gasteiger partial charge < -0.3 is 4.74 Å². The Hall–Kier alpha value is -0.830. The van der Waals surface area contributed by atoms with Crippen molar-refractivity contribution in [2.45, 2.75) is 50.0 Å². The van der Waals surface area contributed by atoms with Gasteiger partial charge in [0.1, 0.15) is 5.60 Å². The molecule has 0 amide bonds. The first-order chi connectivity index (χ1) is 8.37. The summed E-state index contributed by atoms with van der Waals surface area (Å²) in [5.74, 6) is -0.0819. The Labute approximate surface area is 117 Å². The molecule has 3 heteroatoms. The van der Waals surface area contributed by atoms with Gasteiger partial charge >= 0.3 is 5.97 Å². The van der Waals surface area contributed by atoms with E-state index in [0.29, 0.717) is 0 Å². The summed E-state index contributed by atoms with van der Waals surface area (Å²) in [6.45, 7) is 5.73. The van der Waals surface area contributed by atoms with Gasteiger partial charge in [0.25, 0.3) is 0 Å². The second-order valence-corrected chi connectivity index (χ2v) is 6.48. The van der Waals surface area contributed by atoms with Gasteiger partial charge in [0.2, 0.25) is 0 Å². The number of carbonyl (C=O) groups excluding carboxylic acids is 1. The van der Waals surface area contributed by atoms with Gasteiger partial charge in [-0.25, -0.2) is 0 Å². The van der Waals surface area contributed by atoms with E-state index in [4.69, 9.17) is 4.74 Å². The summed E-state index contributed by atoms with van der Waals surface area (Å²) < 4.78 is 5.53. The van der Waals surface area contributed by atoms with E-state index < -0.39 is 5.60 Å². The Morgan fingerprint density at radius 3 is 2.22 bits per heavy atom. The van der Waals surface area contributed by atoms with Crippen molar-refractivity contribution in [3.63, 3.8) is 0 Å². The first-order valence-electron chi connectivity index (χ1n) is 6.26. The molecular weight excluding hydrogens is 292 g/mol. The number of esters is 1. The molecule has 1 aliphatic rings. The van der Waals surface area contributed by atoms with E-state index in [9.17, 15) is 4.79 Å². The van der Waals surface area contributed by atoms with E-state index in [1.807, 2.05) is 32.9 Å². The summed E-state index contributed by atoms with van der Waals surface area (Å²) in [5.41, 5.74) is 1.51. The quantitative estimate of drug-likeness (QED) is 0.624. The maximum absolute atomic E-state index is 12.3. The fourth-order valence-corrected chi connectivity index (χ4v) is 2.40. The Morgan fingerprint density at radius 1 is 1.28 bits per heavy atom. The first-order valence-corrected chi connectivity index (χ1v) is 7.38. The molecule has 0 aromatic heterocycles. The van der Waals surface area contributed by atoms with Gasteiger partial charge in [-0.2, -0.15) is 0 Å². The van der Waals surface area contributed by atoms with Crippen molar-refractivity contribution in [1.29, 1.82) is 0 Å². The van der Waals surface area contributed by atoms with E-state index in [1.54, 1.807) is 0 Å². The molecule has 0 aliphatic heterocycles. The van der Waals surface area contributed by atoms with E-state index in [0.717, 1.165) is 23.7 Å². The number of carbonyl (C=O) groups is 1. The molecule has 18 heavy (non-hydrogen) atoms. The summed E-state index contributed by atoms with van der Waals surface area (Å²) >= 11 is 3.43. The normalized spacial score (nSPS) is 17.3. The largest absolute Gasteiger partial charge is 0.459 e. The van der Waals surface area contributed by atoms with Crippen molar-refractivity contribution >= 4 is 21.9 Å². The average molecular weight is 311 g/mol. The lowest BCUT2D eigenvalue weighted by molar-refractivity contribution is -0.158. The maximum atomic E-state index is 12.3. The lowest BCUT2D eigenvalue weighted by atomic mass is 9.95. The highest BCUT2D eigenvalue weighted by Crippen LogP contribution is 2.49. The molecule has 0 unspecified atom stereocenters. The van der Waals surface area contributed by atoms with Crippen LogP contribution < -0.4 is 0 Å². The number of rotatable bonds is 3. The summed E-state index contributed by atoms with van der Waals surface area (Å²) in [6.07, 6.45) is 1.80. The molecular formula is C15H19BrO2. The van der Waals surface area contributed by atoms with Gasteiger partial charge in [0.05, 0.1) is 5.41 Å². The minimum Gasteiger partial charge on any atom is -0.459 e. The van der Waals surface area contributed by atoms with Crippen LogP contribution in [0, 0.1) is 0 Å². The van der Waals surface area contributed by atoms with Crippen LogP contribution in [0.15, 0.2) is 24.3 Å². The van der Waals surface area contributed by atoms with Crippen LogP contribution in [-0.2, 0) is 20.3 Å². The molecule has 1 aromatic carbocycles. The van der Waals surface area contributed by atoms with Crippen LogP contribution in [0.2, 0.25) is 0 Å². The van der Waals surface area contributed by atoms with Crippen molar-refractivity contribution in [1.82, 2.24) is 0 Å². The Bertz CT molecular complexity index is 439. The van der Waals surface area contributed by atoms with Gasteiger partial charge in [-0.1, -0.05) is 40.2 Å². The molecule has 0 N–H and O–H groups in total. The highest BCUT2D eigenvalue weighted by atomic mass is 79.9. The van der Waals surface area contributed by atoms with Crippen LogP contribution >= 0.6 is 15.9 Å². The van der Waals surface area contributed by atoms with Crippen molar-refractivity contribution in [3.05, 3.63) is 35.4 Å². The number of hydrogen-bond donors (Lipinski definition) is 0. The predicted octanol–water partition coefficient (Wildman–Crippen LogP) is 3.95. The average Bonchev–Trinajstić information content (AvgIpc) is 3.08. The van der Waals surface area contributed by atoms with Crippen LogP contribution in [0.25, 0.3) is 0 Å². The lowest BCUT2D eigenvalue weighted by Gasteiger charge is -2.24. The maximum Gasteiger partial charge on any atom is 0.317 e. The monoisotopic (exact) mass is 310 g/mol. The van der Waals surface area contributed by atoms with Gasteiger partial charge in [-0.05, 0) is 44.7 Å². The molecule has 1 saturated carbocycles. The SMILES string of the molecule is CC(C)(C)OC(=O)C1(c2ccc(CBr)cc2)CC1. The number of alkyl halides is 1. The molecule has 2 nitrogen and oxygen atoms in total. The van der Waals surface area contributed by atoms with Crippen LogP contribution in [0.5, 0.6) is 0 Å². The predicted molar refractivity (Wildman–Crippen MR) is 75.8 cm³/mol. The van der Waals surface area contributed by atoms with Gasteiger partial charge in [0.15, 0.2) is 0 Å². The molecule has 0 radical (unpaired) electrons. The molecule has 0 bridgehead atoms. The zero-order chi connectivity index (χ0) is 13.4. The highest BCUT2D eigenvalue weighted by molar-refractivity contribution is 9.08. The minimum atomic E-state index is -0.414. The third-order valence-electron chi connectivity index (χ3n) is 3.20. The third kappa shape index (κ3) is 2.77. The summed E-state index contributed by atoms with van der Waals surface area (Å²) in [7, 11) is 0. The smallest absolute Gasteiger partial charge is 0.317 e. The minimum absolute atomic E-state index is 0.0819. The molecule has 0 atom stereocenters. The summed E-state index contributed by atoms with van der Waals surface area (Å²) in [4.78, 5) is 12.3. The third-order valence-corrected chi connectivity index (χ3v) is 3.85. The Balaban J connectivity index is 2.18. The van der Waals surface area contributed by atoms with Gasteiger partial charge in [0, 0.05) is 5.33 Å². The molecule has 1 aromatic rings. The zero-order valence-corrected chi connectivity index (χ0v) is 12.7. The van der Waals surface area contributed by atoms with Crippen LogP contribution in [0.1, 0.15) is 44.7 Å².